The van der Waals surface area contributed by atoms with E-state index in [2.05, 4.69) is 6.58 Å². The number of unbranched alkanes of at least 4 members (excludes halogenated alkanes) is 1. The van der Waals surface area contributed by atoms with Crippen LogP contribution in [-0.4, -0.2) is 47.3 Å². The molecule has 0 saturated heterocycles. The molecule has 0 spiro atoms. The average Bonchev–Trinajstić information content (AvgIpc) is 2.31. The Bertz CT molecular complexity index is 172. The van der Waals surface area contributed by atoms with Gasteiger partial charge in [-0.05, 0) is 19.8 Å². The van der Waals surface area contributed by atoms with Gasteiger partial charge in [-0.1, -0.05) is 12.5 Å². The topological polar surface area (TPSA) is 69.9 Å². The molecule has 0 bridgehead atoms. The largest absolute Gasteiger partial charge is 0.396 e. The second-order valence-electron chi connectivity index (χ2n) is 4.01. The minimum atomic E-state index is -0.592. The van der Waals surface area contributed by atoms with Gasteiger partial charge in [-0.15, -0.1) is 6.58 Å². The smallest absolute Gasteiger partial charge is 0.0836 e. The van der Waals surface area contributed by atoms with Gasteiger partial charge in [0.2, 0.25) is 0 Å². The van der Waals surface area contributed by atoms with Gasteiger partial charge in [-0.2, -0.15) is 0 Å². The predicted molar refractivity (Wildman–Crippen MR) is 63.1 cm³/mol. The van der Waals surface area contributed by atoms with Gasteiger partial charge < -0.3 is 20.1 Å². The normalized spacial score (nSPS) is 16.8. The highest BCUT2D eigenvalue weighted by molar-refractivity contribution is 4.84. The zero-order valence-electron chi connectivity index (χ0n) is 10.0. The van der Waals surface area contributed by atoms with Gasteiger partial charge in [0.25, 0.3) is 0 Å². The maximum Gasteiger partial charge on any atom is 0.0836 e. The first-order chi connectivity index (χ1) is 7.65. The highest BCUT2D eigenvalue weighted by Gasteiger charge is 2.16. The van der Waals surface area contributed by atoms with Crippen LogP contribution in [0.1, 0.15) is 26.2 Å². The number of hydrogen-bond acceptors (Lipinski definition) is 4. The van der Waals surface area contributed by atoms with Crippen LogP contribution in [0.5, 0.6) is 0 Å². The first-order valence-corrected chi connectivity index (χ1v) is 5.79. The van der Waals surface area contributed by atoms with Crippen molar-refractivity contribution in [2.75, 3.05) is 19.8 Å². The van der Waals surface area contributed by atoms with Crippen LogP contribution in [0.15, 0.2) is 12.7 Å². The van der Waals surface area contributed by atoms with Crippen molar-refractivity contribution in [1.29, 1.82) is 0 Å². The lowest BCUT2D eigenvalue weighted by Gasteiger charge is -2.21. The molecule has 0 aliphatic rings. The summed E-state index contributed by atoms with van der Waals surface area (Å²) in [5, 5.41) is 27.2. The van der Waals surface area contributed by atoms with Crippen molar-refractivity contribution >= 4 is 0 Å². The summed E-state index contributed by atoms with van der Waals surface area (Å²) in [5.41, 5.74) is 0. The molecule has 3 N–H and O–H groups in total. The third kappa shape index (κ3) is 6.95. The molecule has 4 heteroatoms. The lowest BCUT2D eigenvalue weighted by molar-refractivity contribution is -0.0364. The van der Waals surface area contributed by atoms with E-state index >= 15 is 0 Å². The van der Waals surface area contributed by atoms with Crippen LogP contribution in [0, 0.1) is 5.92 Å². The molecule has 96 valence electrons. The summed E-state index contributed by atoms with van der Waals surface area (Å²) in [6.07, 6.45) is 3.27. The second-order valence-corrected chi connectivity index (χ2v) is 4.01. The minimum absolute atomic E-state index is 0.0163. The molecule has 3 unspecified atom stereocenters. The zero-order valence-corrected chi connectivity index (χ0v) is 10.0. The maximum absolute atomic E-state index is 9.81. The Kier molecular flexibility index (Phi) is 9.52. The van der Waals surface area contributed by atoms with Crippen molar-refractivity contribution in [3.63, 3.8) is 0 Å². The first-order valence-electron chi connectivity index (χ1n) is 5.79. The van der Waals surface area contributed by atoms with Gasteiger partial charge in [0.15, 0.2) is 0 Å². The van der Waals surface area contributed by atoms with Crippen molar-refractivity contribution < 1.29 is 20.1 Å². The summed E-state index contributed by atoms with van der Waals surface area (Å²) < 4.78 is 5.24. The molecule has 0 aromatic rings. The molecule has 0 aromatic carbocycles. The van der Waals surface area contributed by atoms with Crippen LogP contribution in [0.3, 0.4) is 0 Å². The predicted octanol–water partition coefficient (Wildman–Crippen LogP) is 0.710. The molecule has 4 nitrogen and oxygen atoms in total. The fraction of sp³-hybridized carbons (Fsp3) is 0.833. The van der Waals surface area contributed by atoms with E-state index in [0.717, 1.165) is 19.3 Å². The highest BCUT2D eigenvalue weighted by atomic mass is 16.5. The molecule has 0 amide bonds. The van der Waals surface area contributed by atoms with Crippen molar-refractivity contribution in [1.82, 2.24) is 0 Å². The van der Waals surface area contributed by atoms with E-state index in [0.29, 0.717) is 0 Å². The Labute approximate surface area is 97.6 Å². The van der Waals surface area contributed by atoms with Gasteiger partial charge in [-0.25, -0.2) is 0 Å². The van der Waals surface area contributed by atoms with Crippen LogP contribution < -0.4 is 0 Å². The summed E-state index contributed by atoms with van der Waals surface area (Å²) in [5.74, 6) is -0.0163. The molecule has 16 heavy (non-hydrogen) atoms. The van der Waals surface area contributed by atoms with Crippen molar-refractivity contribution in [2.24, 2.45) is 5.92 Å². The van der Waals surface area contributed by atoms with Crippen LogP contribution >= 0.6 is 0 Å². The number of aliphatic hydroxyl groups excluding tert-OH is 3. The van der Waals surface area contributed by atoms with Crippen molar-refractivity contribution in [2.45, 2.75) is 38.4 Å². The average molecular weight is 232 g/mol. The van der Waals surface area contributed by atoms with Gasteiger partial charge in [0, 0.05) is 12.5 Å². The van der Waals surface area contributed by atoms with E-state index in [9.17, 15) is 5.11 Å². The fourth-order valence-electron chi connectivity index (χ4n) is 1.40. The Morgan fingerprint density at radius 1 is 1.31 bits per heavy atom. The first kappa shape index (κ1) is 15.6. The number of aliphatic hydroxyl groups is 3. The molecule has 0 fully saturated rings. The molecule has 0 aliphatic carbocycles. The van der Waals surface area contributed by atoms with Gasteiger partial charge in [0.1, 0.15) is 0 Å². The lowest BCUT2D eigenvalue weighted by Crippen LogP contribution is -2.27. The van der Waals surface area contributed by atoms with Crippen LogP contribution in [-0.2, 0) is 4.74 Å². The minimum Gasteiger partial charge on any atom is -0.396 e. The Hall–Kier alpha value is -0.420. The molecular formula is C12H24O4. The van der Waals surface area contributed by atoms with Gasteiger partial charge in [0.05, 0.1) is 25.4 Å². The van der Waals surface area contributed by atoms with Crippen molar-refractivity contribution in [3.8, 4) is 0 Å². The SMILES string of the molecule is C=CC(CCCCO)C(O)COC(C)CO. The molecule has 0 heterocycles. The van der Waals surface area contributed by atoms with E-state index in [1.54, 1.807) is 13.0 Å². The molecule has 3 atom stereocenters. The highest BCUT2D eigenvalue weighted by Crippen LogP contribution is 2.15. The van der Waals surface area contributed by atoms with E-state index in [4.69, 9.17) is 14.9 Å². The maximum atomic E-state index is 9.81. The van der Waals surface area contributed by atoms with Crippen LogP contribution in [0.4, 0.5) is 0 Å². The van der Waals surface area contributed by atoms with E-state index < -0.39 is 6.10 Å². The Balaban J connectivity index is 3.81. The molecule has 0 rings (SSSR count). The summed E-state index contributed by atoms with van der Waals surface area (Å²) in [6.45, 7) is 5.77. The molecular weight excluding hydrogens is 208 g/mol. The summed E-state index contributed by atoms with van der Waals surface area (Å²) in [6, 6.07) is 0. The van der Waals surface area contributed by atoms with Gasteiger partial charge in [-0.3, -0.25) is 0 Å². The monoisotopic (exact) mass is 232 g/mol. The third-order valence-electron chi connectivity index (χ3n) is 2.55. The summed E-state index contributed by atoms with van der Waals surface area (Å²) in [4.78, 5) is 0. The molecule has 0 aromatic heterocycles. The molecule has 0 aliphatic heterocycles. The number of hydrogen-bond donors (Lipinski definition) is 3. The van der Waals surface area contributed by atoms with Crippen LogP contribution in [0.25, 0.3) is 0 Å². The molecule has 0 radical (unpaired) electrons. The second kappa shape index (κ2) is 9.78. The Morgan fingerprint density at radius 3 is 2.50 bits per heavy atom. The number of rotatable bonds is 10. The Morgan fingerprint density at radius 2 is 2.00 bits per heavy atom. The summed E-state index contributed by atoms with van der Waals surface area (Å²) in [7, 11) is 0. The number of ether oxygens (including phenoxy) is 1. The lowest BCUT2D eigenvalue weighted by atomic mass is 9.96. The molecule has 0 saturated carbocycles. The quantitative estimate of drug-likeness (QED) is 0.383. The summed E-state index contributed by atoms with van der Waals surface area (Å²) >= 11 is 0. The standard InChI is InChI=1S/C12H24O4/c1-3-11(6-4-5-7-13)12(15)9-16-10(2)8-14/h3,10-15H,1,4-9H2,2H3. The van der Waals surface area contributed by atoms with Gasteiger partial charge >= 0.3 is 0 Å². The van der Waals surface area contributed by atoms with Crippen molar-refractivity contribution in [3.05, 3.63) is 12.7 Å². The van der Waals surface area contributed by atoms with Crippen LogP contribution in [0.2, 0.25) is 0 Å². The third-order valence-corrected chi connectivity index (χ3v) is 2.55. The zero-order chi connectivity index (χ0) is 12.4. The van der Waals surface area contributed by atoms with E-state index in [1.165, 1.54) is 0 Å². The van der Waals surface area contributed by atoms with E-state index in [1.807, 2.05) is 0 Å². The van der Waals surface area contributed by atoms with E-state index in [-0.39, 0.29) is 31.8 Å². The fourth-order valence-corrected chi connectivity index (χ4v) is 1.40.